The van der Waals surface area contributed by atoms with Gasteiger partial charge in [-0.25, -0.2) is 9.37 Å². The fraction of sp³-hybridized carbons (Fsp3) is 0.241. The predicted octanol–water partition coefficient (Wildman–Crippen LogP) is 4.99. The van der Waals surface area contributed by atoms with Crippen molar-refractivity contribution in [3.8, 4) is 17.2 Å². The molecule has 0 saturated heterocycles. The van der Waals surface area contributed by atoms with Gasteiger partial charge in [0.05, 0.1) is 18.0 Å². The molecule has 0 aliphatic rings. The first-order valence-corrected chi connectivity index (χ1v) is 13.9. The molecule has 0 spiro atoms. The minimum Gasteiger partial charge on any atom is -0.493 e. The van der Waals surface area contributed by atoms with E-state index in [4.69, 9.17) is 9.15 Å². The van der Waals surface area contributed by atoms with E-state index in [1.807, 2.05) is 38.1 Å². The van der Waals surface area contributed by atoms with Crippen LogP contribution in [0.15, 0.2) is 77.2 Å². The molecule has 11 heteroatoms. The third-order valence-electron chi connectivity index (χ3n) is 6.24. The van der Waals surface area contributed by atoms with Crippen molar-refractivity contribution in [1.29, 1.82) is 0 Å². The smallest absolute Gasteiger partial charge is 0.318 e. The van der Waals surface area contributed by atoms with E-state index in [0.29, 0.717) is 30.2 Å². The second-order valence-corrected chi connectivity index (χ2v) is 11.2. The largest absolute Gasteiger partial charge is 0.493 e. The van der Waals surface area contributed by atoms with Gasteiger partial charge in [0.15, 0.2) is 0 Å². The van der Waals surface area contributed by atoms with Crippen molar-refractivity contribution in [1.82, 2.24) is 9.29 Å². The second kappa shape index (κ2) is 12.3. The number of carboxylic acid groups (broad SMARTS) is 1. The number of aliphatic carboxylic acids is 1. The highest BCUT2D eigenvalue weighted by molar-refractivity contribution is 7.90. The molecule has 0 amide bonds. The number of carboxylic acids is 1. The van der Waals surface area contributed by atoms with Gasteiger partial charge >= 0.3 is 16.2 Å². The summed E-state index contributed by atoms with van der Waals surface area (Å²) in [6, 6.07) is 19.7. The number of nitrogens with zero attached hydrogens (tertiary/aromatic N) is 3. The quantitative estimate of drug-likeness (QED) is 0.257. The van der Waals surface area contributed by atoms with Crippen LogP contribution in [0.2, 0.25) is 0 Å². The first-order valence-electron chi connectivity index (χ1n) is 12.5. The van der Waals surface area contributed by atoms with Crippen LogP contribution < -0.4 is 9.04 Å². The van der Waals surface area contributed by atoms with Crippen molar-refractivity contribution in [2.45, 2.75) is 26.8 Å². The van der Waals surface area contributed by atoms with Crippen LogP contribution in [0.5, 0.6) is 5.75 Å². The van der Waals surface area contributed by atoms with Crippen LogP contribution >= 0.6 is 0 Å². The Morgan fingerprint density at radius 2 is 1.75 bits per heavy atom. The number of ether oxygens (including phenoxy) is 1. The Balaban J connectivity index is 1.38. The van der Waals surface area contributed by atoms with Gasteiger partial charge in [-0.1, -0.05) is 35.9 Å². The van der Waals surface area contributed by atoms with E-state index in [0.717, 1.165) is 37.3 Å². The monoisotopic (exact) mass is 567 g/mol. The number of hydrogen-bond acceptors (Lipinski definition) is 6. The summed E-state index contributed by atoms with van der Waals surface area (Å²) in [5.41, 5.74) is 3.48. The summed E-state index contributed by atoms with van der Waals surface area (Å²) >= 11 is 0. The lowest BCUT2D eigenvalue weighted by Crippen LogP contribution is -2.44. The average molecular weight is 568 g/mol. The molecule has 0 unspecified atom stereocenters. The molecule has 1 heterocycles. The summed E-state index contributed by atoms with van der Waals surface area (Å²) in [5, 5.41) is 9.34. The topological polar surface area (TPSA) is 113 Å². The van der Waals surface area contributed by atoms with Gasteiger partial charge in [0.25, 0.3) is 0 Å². The molecular formula is C29H30FN3O6S. The van der Waals surface area contributed by atoms with Gasteiger partial charge in [0.1, 0.15) is 23.9 Å². The van der Waals surface area contributed by atoms with Gasteiger partial charge in [0.2, 0.25) is 5.89 Å². The number of rotatable bonds is 12. The van der Waals surface area contributed by atoms with E-state index < -0.39 is 28.5 Å². The van der Waals surface area contributed by atoms with Crippen LogP contribution in [0.1, 0.15) is 22.6 Å². The van der Waals surface area contributed by atoms with Crippen LogP contribution in [0, 0.1) is 19.7 Å². The van der Waals surface area contributed by atoms with Crippen LogP contribution in [0.25, 0.3) is 11.5 Å². The third-order valence-corrected chi connectivity index (χ3v) is 8.05. The number of oxazole rings is 1. The maximum atomic E-state index is 13.7. The molecule has 0 aliphatic heterocycles. The van der Waals surface area contributed by atoms with Gasteiger partial charge in [-0.2, -0.15) is 12.7 Å². The molecule has 9 nitrogen and oxygen atoms in total. The van der Waals surface area contributed by atoms with E-state index in [1.165, 1.54) is 25.2 Å². The summed E-state index contributed by atoms with van der Waals surface area (Å²) < 4.78 is 53.4. The zero-order valence-corrected chi connectivity index (χ0v) is 23.2. The molecule has 4 rings (SSSR count). The highest BCUT2D eigenvalue weighted by Crippen LogP contribution is 2.24. The van der Waals surface area contributed by atoms with E-state index in [-0.39, 0.29) is 12.2 Å². The maximum absolute atomic E-state index is 13.7. The fourth-order valence-corrected chi connectivity index (χ4v) is 5.30. The first-order chi connectivity index (χ1) is 19.0. The molecule has 0 fully saturated rings. The minimum atomic E-state index is -4.27. The van der Waals surface area contributed by atoms with Gasteiger partial charge in [-0.15, -0.1) is 0 Å². The Kier molecular flexibility index (Phi) is 8.86. The molecule has 0 aliphatic carbocycles. The van der Waals surface area contributed by atoms with Crippen molar-refractivity contribution < 1.29 is 31.9 Å². The number of benzene rings is 3. The SMILES string of the molecule is Cc1ccc(-c2nc(CCOc3ccc(CN(CC(=O)O)S(=O)(=O)N(C)c4cccc(F)c4)cc3)c(C)o2)cc1. The summed E-state index contributed by atoms with van der Waals surface area (Å²) in [5.74, 6) is -0.0818. The lowest BCUT2D eigenvalue weighted by molar-refractivity contribution is -0.137. The van der Waals surface area contributed by atoms with Gasteiger partial charge in [0, 0.05) is 25.6 Å². The molecule has 0 saturated carbocycles. The molecule has 40 heavy (non-hydrogen) atoms. The van der Waals surface area contributed by atoms with Gasteiger partial charge in [-0.05, 0) is 61.9 Å². The predicted molar refractivity (Wildman–Crippen MR) is 149 cm³/mol. The van der Waals surface area contributed by atoms with Crippen molar-refractivity contribution in [3.05, 3.63) is 101 Å². The summed E-state index contributed by atoms with van der Waals surface area (Å²) in [7, 11) is -3.03. The Morgan fingerprint density at radius 3 is 2.40 bits per heavy atom. The number of hydrogen-bond donors (Lipinski definition) is 1. The van der Waals surface area contributed by atoms with Crippen LogP contribution in [-0.2, 0) is 28.0 Å². The maximum Gasteiger partial charge on any atom is 0.318 e. The van der Waals surface area contributed by atoms with Gasteiger partial charge < -0.3 is 14.3 Å². The first kappa shape index (κ1) is 28.8. The van der Waals surface area contributed by atoms with Crippen molar-refractivity contribution in [2.24, 2.45) is 0 Å². The van der Waals surface area contributed by atoms with E-state index in [1.54, 1.807) is 24.3 Å². The zero-order valence-electron chi connectivity index (χ0n) is 22.4. The zero-order chi connectivity index (χ0) is 28.9. The molecule has 0 bridgehead atoms. The normalized spacial score (nSPS) is 11.5. The summed E-state index contributed by atoms with van der Waals surface area (Å²) in [4.78, 5) is 16.0. The fourth-order valence-electron chi connectivity index (χ4n) is 3.99. The molecule has 0 atom stereocenters. The number of aryl methyl sites for hydroxylation is 2. The average Bonchev–Trinajstić information content (AvgIpc) is 3.29. The Morgan fingerprint density at radius 1 is 1.05 bits per heavy atom. The Bertz CT molecular complexity index is 1570. The van der Waals surface area contributed by atoms with Gasteiger partial charge in [-0.3, -0.25) is 9.10 Å². The standard InChI is InChI=1S/C29H30FN3O6S/c1-20-7-11-23(12-8-20)29-31-27(21(2)39-29)15-16-38-26-13-9-22(10-14-26)18-33(19-28(34)35)40(36,37)32(3)25-6-4-5-24(30)17-25/h4-14,17H,15-16,18-19H2,1-3H3,(H,34,35). The van der Waals surface area contributed by atoms with Crippen molar-refractivity contribution >= 4 is 21.9 Å². The van der Waals surface area contributed by atoms with Crippen LogP contribution in [0.4, 0.5) is 10.1 Å². The third kappa shape index (κ3) is 7.04. The Labute approximate surface area is 232 Å². The van der Waals surface area contributed by atoms with Crippen LogP contribution in [-0.4, -0.2) is 49.0 Å². The molecule has 0 radical (unpaired) electrons. The van der Waals surface area contributed by atoms with Crippen molar-refractivity contribution in [2.75, 3.05) is 24.5 Å². The number of aromatic nitrogens is 1. The molecule has 4 aromatic rings. The van der Waals surface area contributed by atoms with Crippen molar-refractivity contribution in [3.63, 3.8) is 0 Å². The molecular weight excluding hydrogens is 537 g/mol. The Hall–Kier alpha value is -4.22. The number of anilines is 1. The lowest BCUT2D eigenvalue weighted by Gasteiger charge is -2.27. The highest BCUT2D eigenvalue weighted by Gasteiger charge is 2.29. The number of halogens is 1. The highest BCUT2D eigenvalue weighted by atomic mass is 32.2. The molecule has 1 N–H and O–H groups in total. The van der Waals surface area contributed by atoms with E-state index in [9.17, 15) is 22.7 Å². The molecule has 3 aromatic carbocycles. The minimum absolute atomic E-state index is 0.0764. The summed E-state index contributed by atoms with van der Waals surface area (Å²) in [6.45, 7) is 3.26. The summed E-state index contributed by atoms with van der Waals surface area (Å²) in [6.07, 6.45) is 0.528. The molecule has 210 valence electrons. The molecule has 1 aromatic heterocycles. The second-order valence-electron chi connectivity index (χ2n) is 9.25. The number of carbonyl (C=O) groups is 1. The lowest BCUT2D eigenvalue weighted by atomic mass is 10.1. The van der Waals surface area contributed by atoms with E-state index >= 15 is 0 Å². The van der Waals surface area contributed by atoms with E-state index in [2.05, 4.69) is 4.98 Å². The van der Waals surface area contributed by atoms with Crippen LogP contribution in [0.3, 0.4) is 0 Å².